The van der Waals surface area contributed by atoms with Crippen LogP contribution in [0.5, 0.6) is 0 Å². The molecule has 0 bridgehead atoms. The van der Waals surface area contributed by atoms with Crippen molar-refractivity contribution in [3.63, 3.8) is 0 Å². The van der Waals surface area contributed by atoms with Crippen LogP contribution in [0, 0.1) is 5.92 Å². The summed E-state index contributed by atoms with van der Waals surface area (Å²) in [6.07, 6.45) is 8.64. The Bertz CT molecular complexity index is 695. The number of hydrogen-bond donors (Lipinski definition) is 4. The van der Waals surface area contributed by atoms with Gasteiger partial charge in [0.2, 0.25) is 0 Å². The van der Waals surface area contributed by atoms with E-state index in [0.717, 1.165) is 18.1 Å². The van der Waals surface area contributed by atoms with Gasteiger partial charge in [-0.2, -0.15) is 0 Å². The SMILES string of the molecule is S=C1NC2CCCCC2C(NCCc2c[nH]c3ccccc23)N1. The Hall–Kier alpha value is -1.59. The van der Waals surface area contributed by atoms with E-state index in [1.807, 2.05) is 0 Å². The number of fused-ring (bicyclic) bond motifs is 2. The summed E-state index contributed by atoms with van der Waals surface area (Å²) in [5.41, 5.74) is 2.60. The van der Waals surface area contributed by atoms with Crippen molar-refractivity contribution < 1.29 is 0 Å². The van der Waals surface area contributed by atoms with Gasteiger partial charge < -0.3 is 15.6 Å². The van der Waals surface area contributed by atoms with Crippen LogP contribution in [0.15, 0.2) is 30.5 Å². The fourth-order valence-corrected chi connectivity index (χ4v) is 4.38. The Balaban J connectivity index is 1.39. The van der Waals surface area contributed by atoms with E-state index in [9.17, 15) is 0 Å². The first-order valence-corrected chi connectivity index (χ1v) is 9.07. The zero-order chi connectivity index (χ0) is 15.6. The lowest BCUT2D eigenvalue weighted by atomic mass is 9.81. The van der Waals surface area contributed by atoms with Crippen molar-refractivity contribution in [1.82, 2.24) is 20.9 Å². The van der Waals surface area contributed by atoms with E-state index < -0.39 is 0 Å². The summed E-state index contributed by atoms with van der Waals surface area (Å²) in [5, 5.41) is 12.7. The maximum atomic E-state index is 5.38. The number of H-pyrrole nitrogens is 1. The molecule has 1 aliphatic heterocycles. The van der Waals surface area contributed by atoms with Crippen LogP contribution in [0.1, 0.15) is 31.2 Å². The van der Waals surface area contributed by atoms with E-state index in [2.05, 4.69) is 51.4 Å². The first-order valence-electron chi connectivity index (χ1n) is 8.67. The van der Waals surface area contributed by atoms with Crippen LogP contribution in [0.25, 0.3) is 10.9 Å². The van der Waals surface area contributed by atoms with Gasteiger partial charge in [0.25, 0.3) is 0 Å². The molecule has 122 valence electrons. The molecule has 1 aliphatic carbocycles. The number of benzene rings is 1. The van der Waals surface area contributed by atoms with Crippen LogP contribution in [0.4, 0.5) is 0 Å². The molecule has 3 unspecified atom stereocenters. The molecule has 2 aromatic rings. The van der Waals surface area contributed by atoms with Crippen molar-refractivity contribution in [2.45, 2.75) is 44.3 Å². The predicted molar refractivity (Wildman–Crippen MR) is 98.4 cm³/mol. The average molecular weight is 328 g/mol. The quantitative estimate of drug-likeness (QED) is 0.652. The average Bonchev–Trinajstić information content (AvgIpc) is 2.98. The minimum Gasteiger partial charge on any atom is -0.361 e. The van der Waals surface area contributed by atoms with Gasteiger partial charge in [-0.15, -0.1) is 0 Å². The molecule has 1 aromatic heterocycles. The molecule has 5 heteroatoms. The van der Waals surface area contributed by atoms with Crippen LogP contribution in [-0.2, 0) is 6.42 Å². The smallest absolute Gasteiger partial charge is 0.167 e. The van der Waals surface area contributed by atoms with E-state index >= 15 is 0 Å². The fourth-order valence-electron chi connectivity index (χ4n) is 4.10. The van der Waals surface area contributed by atoms with Crippen molar-refractivity contribution in [2.75, 3.05) is 6.54 Å². The maximum absolute atomic E-state index is 5.38. The third-order valence-electron chi connectivity index (χ3n) is 5.28. The molecule has 4 nitrogen and oxygen atoms in total. The van der Waals surface area contributed by atoms with E-state index in [-0.39, 0.29) is 0 Å². The normalized spacial score (nSPS) is 27.3. The van der Waals surface area contributed by atoms with Gasteiger partial charge in [0.1, 0.15) is 0 Å². The van der Waals surface area contributed by atoms with E-state index in [0.29, 0.717) is 18.1 Å². The number of para-hydroxylation sites is 1. The summed E-state index contributed by atoms with van der Waals surface area (Å²) in [6, 6.07) is 9.04. The summed E-state index contributed by atoms with van der Waals surface area (Å²) in [4.78, 5) is 3.35. The largest absolute Gasteiger partial charge is 0.361 e. The fraction of sp³-hybridized carbons (Fsp3) is 0.500. The van der Waals surface area contributed by atoms with E-state index in [4.69, 9.17) is 12.2 Å². The maximum Gasteiger partial charge on any atom is 0.167 e. The van der Waals surface area contributed by atoms with Gasteiger partial charge in [0.05, 0.1) is 6.17 Å². The Labute approximate surface area is 142 Å². The van der Waals surface area contributed by atoms with Gasteiger partial charge in [-0.1, -0.05) is 31.0 Å². The van der Waals surface area contributed by atoms with Crippen molar-refractivity contribution in [2.24, 2.45) is 5.92 Å². The topological polar surface area (TPSA) is 51.9 Å². The second kappa shape index (κ2) is 6.49. The minimum atomic E-state index is 0.305. The lowest BCUT2D eigenvalue weighted by Gasteiger charge is -2.43. The minimum absolute atomic E-state index is 0.305. The van der Waals surface area contributed by atoms with Crippen LogP contribution in [0.3, 0.4) is 0 Å². The highest BCUT2D eigenvalue weighted by Crippen LogP contribution is 2.28. The number of thiocarbonyl (C=S) groups is 1. The van der Waals surface area contributed by atoms with Gasteiger partial charge in [0.15, 0.2) is 5.11 Å². The second-order valence-electron chi connectivity index (χ2n) is 6.71. The third-order valence-corrected chi connectivity index (χ3v) is 5.52. The van der Waals surface area contributed by atoms with E-state index in [1.54, 1.807) is 0 Å². The summed E-state index contributed by atoms with van der Waals surface area (Å²) in [5.74, 6) is 0.637. The predicted octanol–water partition coefficient (Wildman–Crippen LogP) is 2.66. The van der Waals surface area contributed by atoms with Crippen LogP contribution >= 0.6 is 12.2 Å². The van der Waals surface area contributed by atoms with Crippen molar-refractivity contribution >= 4 is 28.2 Å². The first kappa shape index (κ1) is 15.0. The molecule has 0 spiro atoms. The molecule has 2 heterocycles. The van der Waals surface area contributed by atoms with Gasteiger partial charge in [-0.25, -0.2) is 0 Å². The van der Waals surface area contributed by atoms with Crippen LogP contribution in [-0.4, -0.2) is 28.8 Å². The molecule has 23 heavy (non-hydrogen) atoms. The summed E-state index contributed by atoms with van der Waals surface area (Å²) >= 11 is 5.38. The summed E-state index contributed by atoms with van der Waals surface area (Å²) in [6.45, 7) is 0.964. The highest BCUT2D eigenvalue weighted by molar-refractivity contribution is 7.80. The molecular formula is C18H24N4S. The van der Waals surface area contributed by atoms with Crippen molar-refractivity contribution in [3.8, 4) is 0 Å². The highest BCUT2D eigenvalue weighted by atomic mass is 32.1. The first-order chi connectivity index (χ1) is 11.3. The second-order valence-corrected chi connectivity index (χ2v) is 7.12. The molecular weight excluding hydrogens is 304 g/mol. The zero-order valence-electron chi connectivity index (χ0n) is 13.3. The third kappa shape index (κ3) is 3.08. The van der Waals surface area contributed by atoms with Gasteiger partial charge >= 0.3 is 0 Å². The lowest BCUT2D eigenvalue weighted by Crippen LogP contribution is -2.65. The lowest BCUT2D eigenvalue weighted by molar-refractivity contribution is 0.190. The van der Waals surface area contributed by atoms with Crippen LogP contribution < -0.4 is 16.0 Å². The molecule has 2 fully saturated rings. The zero-order valence-corrected chi connectivity index (χ0v) is 14.1. The molecule has 0 amide bonds. The Morgan fingerprint density at radius 1 is 1.13 bits per heavy atom. The number of rotatable bonds is 4. The van der Waals surface area contributed by atoms with E-state index in [1.165, 1.54) is 42.1 Å². The summed E-state index contributed by atoms with van der Waals surface area (Å²) in [7, 11) is 0. The number of aromatic amines is 1. The highest BCUT2D eigenvalue weighted by Gasteiger charge is 2.36. The Morgan fingerprint density at radius 2 is 2.00 bits per heavy atom. The molecule has 3 atom stereocenters. The molecule has 0 radical (unpaired) electrons. The van der Waals surface area contributed by atoms with Gasteiger partial charge in [-0.05, 0) is 43.1 Å². The number of nitrogens with one attached hydrogen (secondary N) is 4. The molecule has 1 saturated carbocycles. The Kier molecular flexibility index (Phi) is 4.23. The molecule has 4 N–H and O–H groups in total. The molecule has 1 aromatic carbocycles. The molecule has 4 rings (SSSR count). The molecule has 2 aliphatic rings. The monoisotopic (exact) mass is 328 g/mol. The number of aromatic nitrogens is 1. The van der Waals surface area contributed by atoms with Gasteiger partial charge in [-0.3, -0.25) is 5.32 Å². The number of hydrogen-bond acceptors (Lipinski definition) is 2. The van der Waals surface area contributed by atoms with Crippen molar-refractivity contribution in [3.05, 3.63) is 36.0 Å². The Morgan fingerprint density at radius 3 is 2.96 bits per heavy atom. The van der Waals surface area contributed by atoms with Crippen molar-refractivity contribution in [1.29, 1.82) is 0 Å². The van der Waals surface area contributed by atoms with Gasteiger partial charge in [0, 0.05) is 35.6 Å². The summed E-state index contributed by atoms with van der Waals surface area (Å²) < 4.78 is 0. The van der Waals surface area contributed by atoms with Crippen LogP contribution in [0.2, 0.25) is 0 Å². The molecule has 1 saturated heterocycles. The standard InChI is InChI=1S/C18H24N4S/c23-18-21-16-8-4-2-6-14(16)17(22-18)19-10-9-12-11-20-15-7-3-1-5-13(12)15/h1,3,5,7,11,14,16-17,19-20H,2,4,6,8-10H2,(H2,21,22,23).